The fraction of sp³-hybridized carbons (Fsp3) is 0.643. The highest BCUT2D eigenvalue weighted by Gasteiger charge is 2.26. The standard InChI is InChI=1S/C28H43NO9/c1-8-11-17(4)25(30)37-23-14-13-21(16-24(23)38-26(31)18(5)12-9-2)15-22(29)27(32)35-19(6)20(7)36-28(33)34-10-3/h13-14,16-20,22H,8-12,15,29H2,1-7H3/t17?,18?,19-,20-,22-/m0/s1. The normalized spacial score (nSPS) is 14.8. The van der Waals surface area contributed by atoms with Crippen LogP contribution in [0, 0.1) is 11.8 Å². The molecule has 0 amide bonds. The fourth-order valence-electron chi connectivity index (χ4n) is 3.47. The highest BCUT2D eigenvalue weighted by atomic mass is 16.7. The van der Waals surface area contributed by atoms with E-state index in [-0.39, 0.29) is 36.4 Å². The van der Waals surface area contributed by atoms with E-state index in [4.69, 9.17) is 29.4 Å². The van der Waals surface area contributed by atoms with Gasteiger partial charge in [-0.15, -0.1) is 0 Å². The quantitative estimate of drug-likeness (QED) is 0.246. The average Bonchev–Trinajstić information content (AvgIpc) is 2.85. The largest absolute Gasteiger partial charge is 0.508 e. The molecule has 1 aromatic carbocycles. The first-order chi connectivity index (χ1) is 17.9. The predicted octanol–water partition coefficient (Wildman–Crippen LogP) is 4.73. The Balaban J connectivity index is 3.00. The molecule has 2 N–H and O–H groups in total. The van der Waals surface area contributed by atoms with Crippen molar-refractivity contribution in [3.05, 3.63) is 23.8 Å². The van der Waals surface area contributed by atoms with Gasteiger partial charge in [0.1, 0.15) is 18.2 Å². The lowest BCUT2D eigenvalue weighted by Crippen LogP contribution is -2.39. The van der Waals surface area contributed by atoms with Crippen LogP contribution in [0.4, 0.5) is 4.79 Å². The van der Waals surface area contributed by atoms with Crippen LogP contribution in [-0.4, -0.2) is 48.9 Å². The summed E-state index contributed by atoms with van der Waals surface area (Å²) < 4.78 is 26.3. The van der Waals surface area contributed by atoms with E-state index in [0.29, 0.717) is 18.4 Å². The molecule has 2 unspecified atom stereocenters. The molecule has 10 heteroatoms. The topological polar surface area (TPSA) is 140 Å². The zero-order valence-corrected chi connectivity index (χ0v) is 23.6. The second-order valence-corrected chi connectivity index (χ2v) is 9.46. The first-order valence-electron chi connectivity index (χ1n) is 13.3. The number of rotatable bonds is 15. The van der Waals surface area contributed by atoms with E-state index in [2.05, 4.69) is 0 Å². The molecule has 0 spiro atoms. The molecule has 1 rings (SSSR count). The van der Waals surface area contributed by atoms with Crippen molar-refractivity contribution in [2.75, 3.05) is 6.61 Å². The summed E-state index contributed by atoms with van der Waals surface area (Å²) in [4.78, 5) is 49.2. The molecule has 5 atom stereocenters. The van der Waals surface area contributed by atoms with E-state index < -0.39 is 42.3 Å². The number of carbonyl (C=O) groups excluding carboxylic acids is 4. The van der Waals surface area contributed by atoms with Crippen LogP contribution in [0.15, 0.2) is 18.2 Å². The Bertz CT molecular complexity index is 933. The maximum atomic E-state index is 12.6. The minimum atomic E-state index is -1.05. The number of benzene rings is 1. The smallest absolute Gasteiger partial charge is 0.458 e. The molecule has 0 aliphatic heterocycles. The van der Waals surface area contributed by atoms with Crippen LogP contribution in [0.2, 0.25) is 0 Å². The van der Waals surface area contributed by atoms with Gasteiger partial charge in [-0.05, 0) is 57.7 Å². The third kappa shape index (κ3) is 11.1. The lowest BCUT2D eigenvalue weighted by molar-refractivity contribution is -0.155. The van der Waals surface area contributed by atoms with Crippen molar-refractivity contribution < 1.29 is 42.9 Å². The van der Waals surface area contributed by atoms with Gasteiger partial charge >= 0.3 is 24.1 Å². The van der Waals surface area contributed by atoms with E-state index in [0.717, 1.165) is 12.8 Å². The molecule has 0 aliphatic carbocycles. The Morgan fingerprint density at radius 3 is 1.82 bits per heavy atom. The molecular formula is C28H43NO9. The molecule has 38 heavy (non-hydrogen) atoms. The van der Waals surface area contributed by atoms with Crippen LogP contribution in [0.3, 0.4) is 0 Å². The second-order valence-electron chi connectivity index (χ2n) is 9.46. The highest BCUT2D eigenvalue weighted by Crippen LogP contribution is 2.31. The van der Waals surface area contributed by atoms with E-state index in [9.17, 15) is 19.2 Å². The summed E-state index contributed by atoms with van der Waals surface area (Å²) in [5, 5.41) is 0. The van der Waals surface area contributed by atoms with Crippen molar-refractivity contribution in [2.24, 2.45) is 17.6 Å². The minimum absolute atomic E-state index is 0.0637. The molecule has 0 bridgehead atoms. The molecule has 0 heterocycles. The molecule has 0 aliphatic rings. The van der Waals surface area contributed by atoms with Crippen LogP contribution in [0.1, 0.15) is 79.7 Å². The molecule has 10 nitrogen and oxygen atoms in total. The van der Waals surface area contributed by atoms with Gasteiger partial charge in [-0.2, -0.15) is 0 Å². The summed E-state index contributed by atoms with van der Waals surface area (Å²) in [6.45, 7) is 12.4. The second kappa shape index (κ2) is 16.7. The number of carbonyl (C=O) groups is 4. The van der Waals surface area contributed by atoms with Gasteiger partial charge in [0, 0.05) is 0 Å². The number of esters is 3. The van der Waals surface area contributed by atoms with Crippen LogP contribution in [0.5, 0.6) is 11.5 Å². The third-order valence-electron chi connectivity index (χ3n) is 5.94. The van der Waals surface area contributed by atoms with Crippen molar-refractivity contribution in [1.29, 1.82) is 0 Å². The first kappa shape index (κ1) is 32.9. The number of hydrogen-bond donors (Lipinski definition) is 1. The Morgan fingerprint density at radius 1 is 0.763 bits per heavy atom. The number of nitrogens with two attached hydrogens (primary N) is 1. The van der Waals surface area contributed by atoms with E-state index in [1.165, 1.54) is 12.1 Å². The van der Waals surface area contributed by atoms with Gasteiger partial charge in [-0.1, -0.05) is 46.6 Å². The Morgan fingerprint density at radius 2 is 1.29 bits per heavy atom. The fourth-order valence-corrected chi connectivity index (χ4v) is 3.47. The van der Waals surface area contributed by atoms with Gasteiger partial charge in [0.15, 0.2) is 11.5 Å². The third-order valence-corrected chi connectivity index (χ3v) is 5.94. The predicted molar refractivity (Wildman–Crippen MR) is 141 cm³/mol. The van der Waals surface area contributed by atoms with Crippen molar-refractivity contribution in [3.8, 4) is 11.5 Å². The lowest BCUT2D eigenvalue weighted by atomic mass is 10.0. The average molecular weight is 538 g/mol. The maximum Gasteiger partial charge on any atom is 0.508 e. The van der Waals surface area contributed by atoms with E-state index in [1.54, 1.807) is 40.7 Å². The van der Waals surface area contributed by atoms with Gasteiger partial charge in [-0.3, -0.25) is 14.4 Å². The summed E-state index contributed by atoms with van der Waals surface area (Å²) in [6.07, 6.45) is 0.650. The molecule has 0 aromatic heterocycles. The molecule has 0 saturated heterocycles. The zero-order chi connectivity index (χ0) is 28.8. The van der Waals surface area contributed by atoms with Gasteiger partial charge in [-0.25, -0.2) is 4.79 Å². The molecule has 1 aromatic rings. The van der Waals surface area contributed by atoms with Crippen molar-refractivity contribution >= 4 is 24.1 Å². The van der Waals surface area contributed by atoms with Crippen LogP contribution < -0.4 is 15.2 Å². The summed E-state index contributed by atoms with van der Waals surface area (Å²) in [5.41, 5.74) is 6.65. The SMILES string of the molecule is CCCC(C)C(=O)Oc1ccc(C[C@H](N)C(=O)O[C@@H](C)[C@H](C)OC(=O)OCC)cc1OC(=O)C(C)CCC. The lowest BCUT2D eigenvalue weighted by Gasteiger charge is -2.22. The van der Waals surface area contributed by atoms with E-state index in [1.807, 2.05) is 13.8 Å². The highest BCUT2D eigenvalue weighted by molar-refractivity contribution is 5.79. The number of hydrogen-bond acceptors (Lipinski definition) is 10. The van der Waals surface area contributed by atoms with Crippen molar-refractivity contribution in [1.82, 2.24) is 0 Å². The summed E-state index contributed by atoms with van der Waals surface area (Å²) in [7, 11) is 0. The minimum Gasteiger partial charge on any atom is -0.458 e. The maximum absolute atomic E-state index is 12.6. The molecule has 0 radical (unpaired) electrons. The molecule has 0 saturated carbocycles. The van der Waals surface area contributed by atoms with Crippen molar-refractivity contribution in [2.45, 2.75) is 98.8 Å². The number of ether oxygens (including phenoxy) is 5. The molecule has 0 fully saturated rings. The van der Waals surface area contributed by atoms with Gasteiger partial charge < -0.3 is 29.4 Å². The van der Waals surface area contributed by atoms with Crippen LogP contribution in [-0.2, 0) is 35.0 Å². The molecule has 214 valence electrons. The Kier molecular flexibility index (Phi) is 14.4. The summed E-state index contributed by atoms with van der Waals surface area (Å²) in [6, 6.07) is 3.65. The van der Waals surface area contributed by atoms with Crippen molar-refractivity contribution in [3.63, 3.8) is 0 Å². The Labute approximate surface area is 225 Å². The molecular weight excluding hydrogens is 494 g/mol. The van der Waals surface area contributed by atoms with E-state index >= 15 is 0 Å². The zero-order valence-electron chi connectivity index (χ0n) is 23.6. The van der Waals surface area contributed by atoms with Gasteiger partial charge in [0.2, 0.25) is 0 Å². The Hall–Kier alpha value is -3.14. The van der Waals surface area contributed by atoms with Gasteiger partial charge in [0.05, 0.1) is 18.4 Å². The first-order valence-corrected chi connectivity index (χ1v) is 13.3. The monoisotopic (exact) mass is 537 g/mol. The van der Waals surface area contributed by atoms with Gasteiger partial charge in [0.25, 0.3) is 0 Å². The summed E-state index contributed by atoms with van der Waals surface area (Å²) in [5.74, 6) is -2.03. The van der Waals surface area contributed by atoms with Crippen LogP contribution >= 0.6 is 0 Å². The van der Waals surface area contributed by atoms with Crippen LogP contribution in [0.25, 0.3) is 0 Å². The summed E-state index contributed by atoms with van der Waals surface area (Å²) >= 11 is 0.